The number of nitrogens with one attached hydrogen (secondary N) is 2. The third kappa shape index (κ3) is 4.12. The molecule has 3 aromatic carbocycles. The minimum Gasteiger partial charge on any atom is -0.494 e. The number of aliphatic imine (C=N–C) groups is 1. The summed E-state index contributed by atoms with van der Waals surface area (Å²) in [5.74, 6) is -0.221. The summed E-state index contributed by atoms with van der Waals surface area (Å²) in [6, 6.07) is 26.9. The Morgan fingerprint density at radius 3 is 2.36 bits per heavy atom. The van der Waals surface area contributed by atoms with Crippen molar-refractivity contribution in [3.8, 4) is 34.1 Å². The van der Waals surface area contributed by atoms with Crippen LogP contribution in [-0.2, 0) is 4.79 Å². The fourth-order valence-electron chi connectivity index (χ4n) is 3.70. The molecule has 5 rings (SSSR count). The standard InChI is InChI=1S/C26H20N4O3/c31-22(27-15-20-19-13-7-8-14-21(19)28-25(20)32)16-33-26-23(17-9-3-1-4-10-17)24(29-30-26)18-11-5-2-6-12-18/h1-15,28,32H,16H2,(H,29,30). The van der Waals surface area contributed by atoms with Gasteiger partial charge in [0.15, 0.2) is 12.5 Å². The number of fused-ring (bicyclic) bond motifs is 1. The third-order valence-electron chi connectivity index (χ3n) is 5.25. The number of aromatic nitrogens is 3. The van der Waals surface area contributed by atoms with Gasteiger partial charge in [-0.05, 0) is 11.6 Å². The largest absolute Gasteiger partial charge is 0.494 e. The average molecular weight is 436 g/mol. The molecule has 3 N–H and O–H groups in total. The Kier molecular flexibility index (Phi) is 5.43. The van der Waals surface area contributed by atoms with Gasteiger partial charge in [0.1, 0.15) is 0 Å². The molecule has 0 fully saturated rings. The molecule has 0 radical (unpaired) electrons. The summed E-state index contributed by atoms with van der Waals surface area (Å²) >= 11 is 0. The first-order valence-corrected chi connectivity index (χ1v) is 10.4. The molecule has 0 bridgehead atoms. The second kappa shape index (κ2) is 8.84. The summed E-state index contributed by atoms with van der Waals surface area (Å²) in [5.41, 5.74) is 4.66. The molecule has 0 saturated heterocycles. The van der Waals surface area contributed by atoms with Crippen molar-refractivity contribution in [2.75, 3.05) is 6.61 Å². The maximum Gasteiger partial charge on any atom is 0.283 e. The molecule has 2 heterocycles. The van der Waals surface area contributed by atoms with E-state index in [0.29, 0.717) is 11.4 Å². The number of hydrogen-bond acceptors (Lipinski definition) is 4. The van der Waals surface area contributed by atoms with Crippen molar-refractivity contribution < 1.29 is 14.6 Å². The molecule has 2 aromatic heterocycles. The summed E-state index contributed by atoms with van der Waals surface area (Å²) in [6.07, 6.45) is 1.35. The Hall–Kier alpha value is -4.65. The highest BCUT2D eigenvalue weighted by atomic mass is 16.5. The smallest absolute Gasteiger partial charge is 0.283 e. The van der Waals surface area contributed by atoms with E-state index < -0.39 is 5.91 Å². The number of para-hydroxylation sites is 1. The molecule has 33 heavy (non-hydrogen) atoms. The first kappa shape index (κ1) is 20.3. The topological polar surface area (TPSA) is 103 Å². The maximum absolute atomic E-state index is 12.4. The van der Waals surface area contributed by atoms with Crippen molar-refractivity contribution in [3.05, 3.63) is 90.5 Å². The molecule has 0 unspecified atom stereocenters. The van der Waals surface area contributed by atoms with Crippen LogP contribution in [0.5, 0.6) is 11.8 Å². The van der Waals surface area contributed by atoms with Gasteiger partial charge in [0.05, 0.1) is 16.8 Å². The normalized spacial score (nSPS) is 11.3. The highest BCUT2D eigenvalue weighted by Gasteiger charge is 2.18. The van der Waals surface area contributed by atoms with Gasteiger partial charge in [-0.15, -0.1) is 5.10 Å². The van der Waals surface area contributed by atoms with E-state index in [1.54, 1.807) is 0 Å². The lowest BCUT2D eigenvalue weighted by molar-refractivity contribution is -0.119. The average Bonchev–Trinajstić information content (AvgIpc) is 3.43. The molecule has 7 heteroatoms. The van der Waals surface area contributed by atoms with Crippen molar-refractivity contribution in [1.29, 1.82) is 0 Å². The molecule has 0 saturated carbocycles. The Balaban J connectivity index is 1.38. The van der Waals surface area contributed by atoms with Gasteiger partial charge in [-0.2, -0.15) is 0 Å². The van der Waals surface area contributed by atoms with Crippen LogP contribution in [0.4, 0.5) is 0 Å². The van der Waals surface area contributed by atoms with Gasteiger partial charge in [0.25, 0.3) is 5.91 Å². The zero-order valence-electron chi connectivity index (χ0n) is 17.5. The first-order chi connectivity index (χ1) is 16.2. The number of aromatic hydroxyl groups is 1. The Morgan fingerprint density at radius 1 is 0.939 bits per heavy atom. The monoisotopic (exact) mass is 436 g/mol. The van der Waals surface area contributed by atoms with Gasteiger partial charge >= 0.3 is 0 Å². The number of carbonyl (C=O) groups is 1. The predicted octanol–water partition coefficient (Wildman–Crippen LogP) is 4.96. The molecule has 0 spiro atoms. The first-order valence-electron chi connectivity index (χ1n) is 10.4. The van der Waals surface area contributed by atoms with E-state index >= 15 is 0 Å². The van der Waals surface area contributed by atoms with Crippen molar-refractivity contribution >= 4 is 23.0 Å². The minimum atomic E-state index is -0.497. The summed E-state index contributed by atoms with van der Waals surface area (Å²) < 4.78 is 5.77. The zero-order chi connectivity index (χ0) is 22.6. The van der Waals surface area contributed by atoms with E-state index in [1.165, 1.54) is 6.21 Å². The summed E-state index contributed by atoms with van der Waals surface area (Å²) in [7, 11) is 0. The Labute approximate surface area is 189 Å². The number of benzene rings is 3. The van der Waals surface area contributed by atoms with Gasteiger partial charge < -0.3 is 14.8 Å². The molecule has 1 amide bonds. The highest BCUT2D eigenvalue weighted by molar-refractivity contribution is 6.05. The molecule has 162 valence electrons. The van der Waals surface area contributed by atoms with Crippen LogP contribution in [0.1, 0.15) is 5.56 Å². The van der Waals surface area contributed by atoms with Crippen LogP contribution < -0.4 is 4.74 Å². The highest BCUT2D eigenvalue weighted by Crippen LogP contribution is 2.37. The minimum absolute atomic E-state index is 0.0418. The van der Waals surface area contributed by atoms with E-state index in [-0.39, 0.29) is 12.5 Å². The van der Waals surface area contributed by atoms with Crippen LogP contribution in [0, 0.1) is 0 Å². The van der Waals surface area contributed by atoms with Crippen LogP contribution >= 0.6 is 0 Å². The summed E-state index contributed by atoms with van der Waals surface area (Å²) in [5, 5.41) is 18.2. The van der Waals surface area contributed by atoms with Crippen LogP contribution in [0.25, 0.3) is 33.3 Å². The lowest BCUT2D eigenvalue weighted by Crippen LogP contribution is -2.09. The van der Waals surface area contributed by atoms with Gasteiger partial charge in [-0.1, -0.05) is 78.9 Å². The van der Waals surface area contributed by atoms with Crippen LogP contribution in [0.3, 0.4) is 0 Å². The van der Waals surface area contributed by atoms with Gasteiger partial charge in [0, 0.05) is 22.7 Å². The number of nitrogens with zero attached hydrogens (tertiary/aromatic N) is 2. The van der Waals surface area contributed by atoms with Crippen molar-refractivity contribution in [3.63, 3.8) is 0 Å². The van der Waals surface area contributed by atoms with Gasteiger partial charge in [-0.25, -0.2) is 4.99 Å². The van der Waals surface area contributed by atoms with E-state index in [4.69, 9.17) is 4.74 Å². The quantitative estimate of drug-likeness (QED) is 0.328. The van der Waals surface area contributed by atoms with Crippen molar-refractivity contribution in [2.45, 2.75) is 0 Å². The maximum atomic E-state index is 12.4. The van der Waals surface area contributed by atoms with E-state index in [9.17, 15) is 9.90 Å². The number of rotatable bonds is 6. The molecule has 5 aromatic rings. The molecular formula is C26H20N4O3. The number of hydrogen-bond donors (Lipinski definition) is 3. The fraction of sp³-hybridized carbons (Fsp3) is 0.0385. The molecule has 0 aliphatic carbocycles. The molecule has 0 aliphatic rings. The van der Waals surface area contributed by atoms with Crippen LogP contribution in [0.2, 0.25) is 0 Å². The van der Waals surface area contributed by atoms with Crippen molar-refractivity contribution in [1.82, 2.24) is 15.2 Å². The number of amides is 1. The molecular weight excluding hydrogens is 416 g/mol. The zero-order valence-corrected chi connectivity index (χ0v) is 17.5. The molecule has 7 nitrogen and oxygen atoms in total. The van der Waals surface area contributed by atoms with Gasteiger partial charge in [-0.3, -0.25) is 9.89 Å². The molecule has 0 atom stereocenters. The number of H-pyrrole nitrogens is 2. The predicted molar refractivity (Wildman–Crippen MR) is 128 cm³/mol. The number of aromatic amines is 2. The van der Waals surface area contributed by atoms with E-state index in [1.807, 2.05) is 84.9 Å². The van der Waals surface area contributed by atoms with Crippen LogP contribution in [0.15, 0.2) is 89.9 Å². The van der Waals surface area contributed by atoms with E-state index in [2.05, 4.69) is 20.2 Å². The Bertz CT molecular complexity index is 1440. The second-order valence-corrected chi connectivity index (χ2v) is 7.38. The third-order valence-corrected chi connectivity index (χ3v) is 5.25. The number of carbonyl (C=O) groups excluding carboxylic acids is 1. The second-order valence-electron chi connectivity index (χ2n) is 7.38. The van der Waals surface area contributed by atoms with Crippen molar-refractivity contribution in [2.24, 2.45) is 4.99 Å². The molecule has 0 aliphatic heterocycles. The summed E-state index contributed by atoms with van der Waals surface area (Å²) in [6.45, 7) is -0.293. The number of ether oxygens (including phenoxy) is 1. The Morgan fingerprint density at radius 2 is 1.61 bits per heavy atom. The lowest BCUT2D eigenvalue weighted by atomic mass is 10.0. The fourth-order valence-corrected chi connectivity index (χ4v) is 3.70. The van der Waals surface area contributed by atoms with Crippen LogP contribution in [-0.4, -0.2) is 39.0 Å². The summed E-state index contributed by atoms with van der Waals surface area (Å²) in [4.78, 5) is 19.2. The van der Waals surface area contributed by atoms with Gasteiger partial charge in [0.2, 0.25) is 5.88 Å². The van der Waals surface area contributed by atoms with E-state index in [0.717, 1.165) is 33.3 Å². The lowest BCUT2D eigenvalue weighted by Gasteiger charge is -2.07. The SMILES string of the molecule is O=C(COc1n[nH]c(-c2ccccc2)c1-c1ccccc1)N=Cc1c(O)[nH]c2ccccc12.